The second kappa shape index (κ2) is 11.7. The van der Waals surface area contributed by atoms with Crippen molar-refractivity contribution in [3.63, 3.8) is 0 Å². The zero-order valence-electron chi connectivity index (χ0n) is 19.0. The molecule has 0 saturated carbocycles. The lowest BCUT2D eigenvalue weighted by molar-refractivity contribution is -0.126. The van der Waals surface area contributed by atoms with Gasteiger partial charge in [-0.3, -0.25) is 4.79 Å². The first kappa shape index (κ1) is 25.5. The van der Waals surface area contributed by atoms with E-state index in [1.807, 2.05) is 56.3 Å². The summed E-state index contributed by atoms with van der Waals surface area (Å²) in [6.45, 7) is 7.40. The van der Waals surface area contributed by atoms with Gasteiger partial charge in [0.1, 0.15) is 12.3 Å². The maximum atomic E-state index is 12.9. The Kier molecular flexibility index (Phi) is 9.35. The molecule has 2 rings (SSSR count). The van der Waals surface area contributed by atoms with E-state index in [9.17, 15) is 18.0 Å². The van der Waals surface area contributed by atoms with E-state index in [0.717, 1.165) is 11.1 Å². The van der Waals surface area contributed by atoms with Crippen LogP contribution in [-0.4, -0.2) is 32.7 Å². The lowest BCUT2D eigenvalue weighted by Crippen LogP contribution is -2.52. The van der Waals surface area contributed by atoms with Gasteiger partial charge >= 0.3 is 0 Å². The zero-order valence-corrected chi connectivity index (χ0v) is 19.8. The molecule has 0 unspecified atom stereocenters. The number of hydrogen-bond donors (Lipinski definition) is 2. The molecule has 0 aliphatic heterocycles. The second-order valence-electron chi connectivity index (χ2n) is 8.54. The number of rotatable bonds is 11. The van der Waals surface area contributed by atoms with Gasteiger partial charge in [0.05, 0.1) is 10.9 Å². The Morgan fingerprint density at radius 1 is 0.906 bits per heavy atom. The van der Waals surface area contributed by atoms with Gasteiger partial charge in [0.2, 0.25) is 15.9 Å². The van der Waals surface area contributed by atoms with Crippen molar-refractivity contribution in [2.24, 2.45) is 11.8 Å². The number of nitrogens with one attached hydrogen (secondary N) is 2. The van der Waals surface area contributed by atoms with E-state index < -0.39 is 28.0 Å². The largest absolute Gasteiger partial charge is 0.345 e. The molecule has 32 heavy (non-hydrogen) atoms. The second-order valence-corrected chi connectivity index (χ2v) is 10.3. The number of carbonyl (C=O) groups is 2. The Morgan fingerprint density at radius 2 is 1.47 bits per heavy atom. The standard InChI is InChI=1S/C25H32N2O4S/c1-18(2)16-22(17-28)26-25(29)24(19(3)4)27-32(30,31)23-14-12-21(13-15-23)11-10-20-8-6-5-7-9-20/h5-15,17-19,22,24,27H,16H2,1-4H3,(H,26,29)/b11-10+/t22-,24-/m0/s1. The van der Waals surface area contributed by atoms with Gasteiger partial charge in [0, 0.05) is 0 Å². The van der Waals surface area contributed by atoms with Crippen molar-refractivity contribution in [3.05, 3.63) is 65.7 Å². The summed E-state index contributed by atoms with van der Waals surface area (Å²) in [5, 5.41) is 2.65. The summed E-state index contributed by atoms with van der Waals surface area (Å²) in [7, 11) is -3.92. The van der Waals surface area contributed by atoms with Crippen LogP contribution in [0.1, 0.15) is 45.2 Å². The van der Waals surface area contributed by atoms with E-state index in [-0.39, 0.29) is 16.7 Å². The summed E-state index contributed by atoms with van der Waals surface area (Å²) in [5.74, 6) is -0.595. The monoisotopic (exact) mass is 456 g/mol. The minimum atomic E-state index is -3.92. The third-order valence-electron chi connectivity index (χ3n) is 4.91. The lowest BCUT2D eigenvalue weighted by atomic mass is 10.0. The van der Waals surface area contributed by atoms with Crippen molar-refractivity contribution in [2.45, 2.75) is 51.1 Å². The van der Waals surface area contributed by atoms with Crippen molar-refractivity contribution >= 4 is 34.4 Å². The first-order chi connectivity index (χ1) is 15.1. The third kappa shape index (κ3) is 7.73. The van der Waals surface area contributed by atoms with Gasteiger partial charge in [0.25, 0.3) is 0 Å². The molecule has 7 heteroatoms. The van der Waals surface area contributed by atoms with Crippen LogP contribution in [0.4, 0.5) is 0 Å². The summed E-state index contributed by atoms with van der Waals surface area (Å²) >= 11 is 0. The molecule has 2 atom stereocenters. The summed E-state index contributed by atoms with van der Waals surface area (Å²) in [6, 6.07) is 14.6. The van der Waals surface area contributed by atoms with Crippen LogP contribution in [0, 0.1) is 11.8 Å². The SMILES string of the molecule is CC(C)C[C@@H](C=O)NC(=O)[C@@H](NS(=O)(=O)c1ccc(/C=C/c2ccccc2)cc1)C(C)C. The first-order valence-electron chi connectivity index (χ1n) is 10.7. The van der Waals surface area contributed by atoms with Crippen molar-refractivity contribution < 1.29 is 18.0 Å². The Bertz CT molecular complexity index is 1010. The molecule has 172 valence electrons. The Hall–Kier alpha value is -2.77. The van der Waals surface area contributed by atoms with Crippen LogP contribution in [0.25, 0.3) is 12.2 Å². The fraction of sp³-hybridized carbons (Fsp3) is 0.360. The number of aldehydes is 1. The normalized spacial score (nSPS) is 13.9. The fourth-order valence-electron chi connectivity index (χ4n) is 3.17. The highest BCUT2D eigenvalue weighted by molar-refractivity contribution is 7.89. The molecular formula is C25H32N2O4S. The van der Waals surface area contributed by atoms with E-state index in [4.69, 9.17) is 0 Å². The topological polar surface area (TPSA) is 92.3 Å². The molecule has 2 aromatic rings. The quantitative estimate of drug-likeness (QED) is 0.396. The molecule has 0 aromatic heterocycles. The molecule has 0 bridgehead atoms. The molecule has 0 radical (unpaired) electrons. The molecule has 1 amide bonds. The number of hydrogen-bond acceptors (Lipinski definition) is 4. The summed E-state index contributed by atoms with van der Waals surface area (Å²) in [5.41, 5.74) is 1.90. The molecule has 0 fully saturated rings. The highest BCUT2D eigenvalue weighted by atomic mass is 32.2. The maximum Gasteiger partial charge on any atom is 0.241 e. The molecule has 0 aliphatic carbocycles. The molecular weight excluding hydrogens is 424 g/mol. The Morgan fingerprint density at radius 3 is 1.97 bits per heavy atom. The average Bonchev–Trinajstić information content (AvgIpc) is 2.76. The van der Waals surface area contributed by atoms with Crippen LogP contribution in [0.2, 0.25) is 0 Å². The van der Waals surface area contributed by atoms with Crippen LogP contribution >= 0.6 is 0 Å². The Labute approximate surface area is 191 Å². The van der Waals surface area contributed by atoms with Gasteiger partial charge in [-0.15, -0.1) is 0 Å². The van der Waals surface area contributed by atoms with Gasteiger partial charge in [-0.25, -0.2) is 8.42 Å². The smallest absolute Gasteiger partial charge is 0.241 e. The Balaban J connectivity index is 2.12. The number of amides is 1. The van der Waals surface area contributed by atoms with Crippen molar-refractivity contribution in [1.82, 2.24) is 10.0 Å². The number of sulfonamides is 1. The van der Waals surface area contributed by atoms with Crippen LogP contribution in [0.3, 0.4) is 0 Å². The molecule has 2 aromatic carbocycles. The van der Waals surface area contributed by atoms with Crippen molar-refractivity contribution in [2.75, 3.05) is 0 Å². The highest BCUT2D eigenvalue weighted by Crippen LogP contribution is 2.15. The maximum absolute atomic E-state index is 12.9. The first-order valence-corrected chi connectivity index (χ1v) is 12.2. The zero-order chi connectivity index (χ0) is 23.7. The third-order valence-corrected chi connectivity index (χ3v) is 6.36. The molecule has 0 aliphatic rings. The molecule has 2 N–H and O–H groups in total. The minimum absolute atomic E-state index is 0.0712. The summed E-state index contributed by atoms with van der Waals surface area (Å²) in [4.78, 5) is 24.1. The van der Waals surface area contributed by atoms with Gasteiger partial charge in [-0.1, -0.05) is 82.3 Å². The van der Waals surface area contributed by atoms with Gasteiger partial charge < -0.3 is 10.1 Å². The van der Waals surface area contributed by atoms with Gasteiger partial charge in [-0.2, -0.15) is 4.72 Å². The van der Waals surface area contributed by atoms with Crippen LogP contribution < -0.4 is 10.0 Å². The molecule has 0 spiro atoms. The fourth-order valence-corrected chi connectivity index (χ4v) is 4.52. The van der Waals surface area contributed by atoms with E-state index in [1.54, 1.807) is 26.0 Å². The molecule has 0 heterocycles. The highest BCUT2D eigenvalue weighted by Gasteiger charge is 2.29. The van der Waals surface area contributed by atoms with Crippen molar-refractivity contribution in [1.29, 1.82) is 0 Å². The van der Waals surface area contributed by atoms with Gasteiger partial charge in [-0.05, 0) is 41.5 Å². The van der Waals surface area contributed by atoms with Crippen LogP contribution in [-0.2, 0) is 19.6 Å². The average molecular weight is 457 g/mol. The van der Waals surface area contributed by atoms with E-state index >= 15 is 0 Å². The van der Waals surface area contributed by atoms with E-state index in [1.165, 1.54) is 12.1 Å². The molecule has 0 saturated heterocycles. The molecule has 6 nitrogen and oxygen atoms in total. The van der Waals surface area contributed by atoms with Crippen molar-refractivity contribution in [3.8, 4) is 0 Å². The van der Waals surface area contributed by atoms with Crippen LogP contribution in [0.15, 0.2) is 59.5 Å². The number of benzene rings is 2. The summed E-state index contributed by atoms with van der Waals surface area (Å²) < 4.78 is 28.3. The lowest BCUT2D eigenvalue weighted by Gasteiger charge is -2.24. The summed E-state index contributed by atoms with van der Waals surface area (Å²) in [6.07, 6.45) is 5.02. The van der Waals surface area contributed by atoms with E-state index in [2.05, 4.69) is 10.0 Å². The van der Waals surface area contributed by atoms with E-state index in [0.29, 0.717) is 12.7 Å². The van der Waals surface area contributed by atoms with Gasteiger partial charge in [0.15, 0.2) is 0 Å². The number of carbonyl (C=O) groups excluding carboxylic acids is 2. The van der Waals surface area contributed by atoms with Crippen LogP contribution in [0.5, 0.6) is 0 Å². The predicted molar refractivity (Wildman–Crippen MR) is 128 cm³/mol. The predicted octanol–water partition coefficient (Wildman–Crippen LogP) is 3.89. The minimum Gasteiger partial charge on any atom is -0.345 e.